The lowest BCUT2D eigenvalue weighted by atomic mass is 9.99. The molecule has 2 unspecified atom stereocenters. The van der Waals surface area contributed by atoms with Crippen LogP contribution in [0, 0.1) is 0 Å². The van der Waals surface area contributed by atoms with Gasteiger partial charge in [0.2, 0.25) is 17.7 Å². The van der Waals surface area contributed by atoms with Crippen LogP contribution >= 0.6 is 0 Å². The van der Waals surface area contributed by atoms with Gasteiger partial charge in [0.25, 0.3) is 0 Å². The first-order valence-electron chi connectivity index (χ1n) is 12.3. The van der Waals surface area contributed by atoms with E-state index in [1.807, 2.05) is 52.0 Å². The number of nitrogens with one attached hydrogen (secondary N) is 2. The quantitative estimate of drug-likeness (QED) is 0.414. The molecule has 4 amide bonds. The van der Waals surface area contributed by atoms with E-state index in [0.717, 1.165) is 18.4 Å². The molecule has 0 fully saturated rings. The first-order valence-corrected chi connectivity index (χ1v) is 12.3. The minimum Gasteiger partial charge on any atom is -0.444 e. The molecule has 1 aromatic carbocycles. The standard InChI is InChI=1S/C26H42N4O5/c1-8-10-15-30(24(33)20(16-21(27)31)29-25(34)35-26(5,6)7)22(23(32)28-17(3)4)19-13-11-18(9-2)12-14-19/h11-14,17,20,22H,8-10,15-16H2,1-7H3,(H2,27,31)(H,28,32)(H,29,34). The second kappa shape index (κ2) is 13.7. The zero-order valence-corrected chi connectivity index (χ0v) is 22.1. The molecule has 0 aromatic heterocycles. The van der Waals surface area contributed by atoms with Crippen molar-refractivity contribution in [2.24, 2.45) is 5.73 Å². The maximum absolute atomic E-state index is 13.8. The lowest BCUT2D eigenvalue weighted by Crippen LogP contribution is -2.54. The summed E-state index contributed by atoms with van der Waals surface area (Å²) in [5.41, 5.74) is 6.34. The summed E-state index contributed by atoms with van der Waals surface area (Å²) in [5, 5.41) is 5.38. The van der Waals surface area contributed by atoms with Gasteiger partial charge in [0.1, 0.15) is 17.7 Å². The van der Waals surface area contributed by atoms with Crippen LogP contribution in [0.2, 0.25) is 0 Å². The third-order valence-corrected chi connectivity index (χ3v) is 5.12. The fourth-order valence-corrected chi connectivity index (χ4v) is 3.52. The molecule has 0 aliphatic rings. The van der Waals surface area contributed by atoms with Crippen LogP contribution in [0.4, 0.5) is 4.79 Å². The molecule has 0 saturated heterocycles. The zero-order valence-electron chi connectivity index (χ0n) is 22.1. The highest BCUT2D eigenvalue weighted by atomic mass is 16.6. The molecule has 0 aliphatic heterocycles. The van der Waals surface area contributed by atoms with E-state index in [4.69, 9.17) is 10.5 Å². The molecule has 1 aromatic rings. The van der Waals surface area contributed by atoms with E-state index in [-0.39, 0.29) is 18.5 Å². The van der Waals surface area contributed by atoms with Crippen LogP contribution in [-0.4, -0.2) is 52.9 Å². The lowest BCUT2D eigenvalue weighted by Gasteiger charge is -2.34. The predicted molar refractivity (Wildman–Crippen MR) is 135 cm³/mol. The molecule has 2 atom stereocenters. The highest BCUT2D eigenvalue weighted by Gasteiger charge is 2.36. The normalized spacial score (nSPS) is 13.0. The SMILES string of the molecule is CCCCN(C(=O)C(CC(N)=O)NC(=O)OC(C)(C)C)C(C(=O)NC(C)C)c1ccc(CC)cc1. The number of carbonyl (C=O) groups is 4. The van der Waals surface area contributed by atoms with Crippen LogP contribution in [0.25, 0.3) is 0 Å². The summed E-state index contributed by atoms with van der Waals surface area (Å²) in [7, 11) is 0. The van der Waals surface area contributed by atoms with Crippen LogP contribution in [0.5, 0.6) is 0 Å². The summed E-state index contributed by atoms with van der Waals surface area (Å²) in [4.78, 5) is 52.8. The second-order valence-electron chi connectivity index (χ2n) is 9.92. The largest absolute Gasteiger partial charge is 0.444 e. The van der Waals surface area contributed by atoms with E-state index in [0.29, 0.717) is 12.0 Å². The van der Waals surface area contributed by atoms with Crippen LogP contribution < -0.4 is 16.4 Å². The molecular weight excluding hydrogens is 448 g/mol. The van der Waals surface area contributed by atoms with Gasteiger partial charge >= 0.3 is 6.09 Å². The molecule has 0 saturated carbocycles. The molecular formula is C26H42N4O5. The van der Waals surface area contributed by atoms with Gasteiger partial charge in [-0.3, -0.25) is 14.4 Å². The molecule has 9 nitrogen and oxygen atoms in total. The van der Waals surface area contributed by atoms with Gasteiger partial charge in [0.15, 0.2) is 0 Å². The summed E-state index contributed by atoms with van der Waals surface area (Å²) >= 11 is 0. The molecule has 4 N–H and O–H groups in total. The summed E-state index contributed by atoms with van der Waals surface area (Å²) in [6, 6.07) is 5.15. The van der Waals surface area contributed by atoms with Crippen LogP contribution in [0.1, 0.15) is 84.9 Å². The predicted octanol–water partition coefficient (Wildman–Crippen LogP) is 3.21. The Morgan fingerprint density at radius 2 is 1.63 bits per heavy atom. The van der Waals surface area contributed by atoms with Crippen LogP contribution in [0.15, 0.2) is 24.3 Å². The fourth-order valence-electron chi connectivity index (χ4n) is 3.52. The monoisotopic (exact) mass is 490 g/mol. The van der Waals surface area contributed by atoms with Crippen molar-refractivity contribution < 1.29 is 23.9 Å². The molecule has 0 spiro atoms. The summed E-state index contributed by atoms with van der Waals surface area (Å²) in [5.74, 6) is -1.68. The van der Waals surface area contributed by atoms with E-state index in [9.17, 15) is 19.2 Å². The molecule has 9 heteroatoms. The fraction of sp³-hybridized carbons (Fsp3) is 0.615. The smallest absolute Gasteiger partial charge is 0.408 e. The van der Waals surface area contributed by atoms with Gasteiger partial charge in [-0.05, 0) is 58.6 Å². The minimum atomic E-state index is -1.27. The zero-order chi connectivity index (χ0) is 26.8. The van der Waals surface area contributed by atoms with E-state index < -0.39 is 42.0 Å². The van der Waals surface area contributed by atoms with Gasteiger partial charge in [0, 0.05) is 12.6 Å². The Hall–Kier alpha value is -3.10. The molecule has 1 rings (SSSR count). The number of alkyl carbamates (subject to hydrolysis) is 1. The number of ether oxygens (including phenoxy) is 1. The molecule has 0 aliphatic carbocycles. The van der Waals surface area contributed by atoms with Crippen molar-refractivity contribution in [3.8, 4) is 0 Å². The summed E-state index contributed by atoms with van der Waals surface area (Å²) in [6.45, 7) is 13.0. The molecule has 0 heterocycles. The number of nitrogens with zero attached hydrogens (tertiary/aromatic N) is 1. The highest BCUT2D eigenvalue weighted by molar-refractivity contribution is 5.94. The van der Waals surface area contributed by atoms with E-state index in [2.05, 4.69) is 10.6 Å². The third kappa shape index (κ3) is 10.4. The van der Waals surface area contributed by atoms with Gasteiger partial charge in [-0.15, -0.1) is 0 Å². The van der Waals surface area contributed by atoms with Gasteiger partial charge in [-0.2, -0.15) is 0 Å². The number of aryl methyl sites for hydroxylation is 1. The maximum Gasteiger partial charge on any atom is 0.408 e. The van der Waals surface area contributed by atoms with Crippen molar-refractivity contribution in [3.63, 3.8) is 0 Å². The average Bonchev–Trinajstić information content (AvgIpc) is 2.73. The summed E-state index contributed by atoms with van der Waals surface area (Å²) < 4.78 is 5.28. The van der Waals surface area contributed by atoms with Crippen molar-refractivity contribution >= 4 is 23.8 Å². The number of rotatable bonds is 12. The van der Waals surface area contributed by atoms with Gasteiger partial charge in [-0.25, -0.2) is 4.79 Å². The topological polar surface area (TPSA) is 131 Å². The Morgan fingerprint density at radius 1 is 1.03 bits per heavy atom. The van der Waals surface area contributed by atoms with E-state index >= 15 is 0 Å². The number of amides is 4. The Morgan fingerprint density at radius 3 is 2.09 bits per heavy atom. The first kappa shape index (κ1) is 29.9. The van der Waals surface area contributed by atoms with E-state index in [1.54, 1.807) is 20.8 Å². The molecule has 0 radical (unpaired) electrons. The number of nitrogens with two attached hydrogens (primary N) is 1. The van der Waals surface area contributed by atoms with Crippen molar-refractivity contribution in [2.45, 2.75) is 97.9 Å². The number of benzene rings is 1. The number of carbonyl (C=O) groups excluding carboxylic acids is 4. The molecule has 196 valence electrons. The first-order chi connectivity index (χ1) is 16.3. The maximum atomic E-state index is 13.8. The summed E-state index contributed by atoms with van der Waals surface area (Å²) in [6.07, 6.45) is 0.968. The van der Waals surface area contributed by atoms with Crippen LogP contribution in [0.3, 0.4) is 0 Å². The number of hydrogen-bond donors (Lipinski definition) is 3. The number of unbranched alkanes of at least 4 members (excludes halogenated alkanes) is 1. The van der Waals surface area contributed by atoms with Gasteiger partial charge in [0.05, 0.1) is 6.42 Å². The van der Waals surface area contributed by atoms with Gasteiger partial charge in [-0.1, -0.05) is 44.5 Å². The molecule has 35 heavy (non-hydrogen) atoms. The van der Waals surface area contributed by atoms with Crippen molar-refractivity contribution in [1.29, 1.82) is 0 Å². The minimum absolute atomic E-state index is 0.149. The Bertz CT molecular complexity index is 861. The Balaban J connectivity index is 3.46. The van der Waals surface area contributed by atoms with Crippen molar-refractivity contribution in [3.05, 3.63) is 35.4 Å². The van der Waals surface area contributed by atoms with Crippen LogP contribution in [-0.2, 0) is 25.5 Å². The Labute approximate surface area is 209 Å². The molecule has 0 bridgehead atoms. The lowest BCUT2D eigenvalue weighted by molar-refractivity contribution is -0.143. The number of primary amides is 1. The Kier molecular flexibility index (Phi) is 11.7. The van der Waals surface area contributed by atoms with Crippen molar-refractivity contribution in [1.82, 2.24) is 15.5 Å². The van der Waals surface area contributed by atoms with E-state index in [1.165, 1.54) is 4.90 Å². The van der Waals surface area contributed by atoms with Gasteiger partial charge < -0.3 is 26.0 Å². The second-order valence-corrected chi connectivity index (χ2v) is 9.92. The number of hydrogen-bond acceptors (Lipinski definition) is 5. The average molecular weight is 491 g/mol. The highest BCUT2D eigenvalue weighted by Crippen LogP contribution is 2.25. The van der Waals surface area contributed by atoms with Crippen molar-refractivity contribution in [2.75, 3.05) is 6.54 Å². The third-order valence-electron chi connectivity index (χ3n) is 5.12.